The van der Waals surface area contributed by atoms with Crippen LogP contribution in [0.15, 0.2) is 33.5 Å². The smallest absolute Gasteiger partial charge is 0.374 e. The second kappa shape index (κ2) is 6.45. The van der Waals surface area contributed by atoms with E-state index in [1.54, 1.807) is 6.07 Å². The van der Waals surface area contributed by atoms with Crippen molar-refractivity contribution < 1.29 is 18.7 Å². The number of fused-ring (bicyclic) bond motifs is 1. The van der Waals surface area contributed by atoms with Crippen molar-refractivity contribution in [3.05, 3.63) is 45.3 Å². The molecule has 6 heteroatoms. The van der Waals surface area contributed by atoms with Gasteiger partial charge in [0.25, 0.3) is 0 Å². The normalized spacial score (nSPS) is 30.5. The third-order valence-corrected chi connectivity index (χ3v) is 7.09. The maximum Gasteiger partial charge on any atom is 0.374 e. The van der Waals surface area contributed by atoms with Crippen LogP contribution in [0.25, 0.3) is 11.0 Å². The second-order valence-electron chi connectivity index (χ2n) is 8.81. The molecular weight excluding hydrogens is 380 g/mol. The van der Waals surface area contributed by atoms with Gasteiger partial charge in [-0.15, -0.1) is 0 Å². The Kier molecular flexibility index (Phi) is 4.13. The molecule has 4 bridgehead atoms. The van der Waals surface area contributed by atoms with Gasteiger partial charge in [-0.3, -0.25) is 9.59 Å². The zero-order valence-electron chi connectivity index (χ0n) is 15.4. The molecule has 1 aromatic carbocycles. The van der Waals surface area contributed by atoms with E-state index in [9.17, 15) is 14.4 Å². The predicted octanol–water partition coefficient (Wildman–Crippen LogP) is 4.39. The van der Waals surface area contributed by atoms with Gasteiger partial charge in [0.15, 0.2) is 17.8 Å². The molecule has 0 saturated heterocycles. The minimum atomic E-state index is -0.785. The number of carbonyl (C=O) groups is 2. The van der Waals surface area contributed by atoms with Crippen molar-refractivity contribution in [3.63, 3.8) is 0 Å². The number of benzene rings is 1. The second-order valence-corrected chi connectivity index (χ2v) is 9.25. The molecule has 4 saturated carbocycles. The molecule has 4 aliphatic rings. The molecule has 2 aromatic rings. The van der Waals surface area contributed by atoms with E-state index in [1.165, 1.54) is 31.4 Å². The minimum absolute atomic E-state index is 0.0230. The Hall–Kier alpha value is -2.14. The van der Waals surface area contributed by atoms with Gasteiger partial charge in [0, 0.05) is 16.5 Å². The lowest BCUT2D eigenvalue weighted by Gasteiger charge is -2.55. The van der Waals surface area contributed by atoms with Crippen LogP contribution in [0.3, 0.4) is 0 Å². The number of hydrogen-bond donors (Lipinski definition) is 0. The molecule has 0 amide bonds. The van der Waals surface area contributed by atoms with Crippen LogP contribution in [0.1, 0.15) is 49.1 Å². The Morgan fingerprint density at radius 2 is 1.71 bits per heavy atom. The monoisotopic (exact) mass is 400 g/mol. The maximum atomic E-state index is 13.0. The van der Waals surface area contributed by atoms with Crippen molar-refractivity contribution in [1.82, 2.24) is 0 Å². The van der Waals surface area contributed by atoms with Gasteiger partial charge in [-0.2, -0.15) is 0 Å². The van der Waals surface area contributed by atoms with E-state index in [4.69, 9.17) is 20.8 Å². The lowest BCUT2D eigenvalue weighted by molar-refractivity contribution is -0.147. The van der Waals surface area contributed by atoms with Crippen molar-refractivity contribution >= 4 is 34.3 Å². The Balaban J connectivity index is 1.31. The van der Waals surface area contributed by atoms with Crippen LogP contribution in [0, 0.1) is 23.2 Å². The minimum Gasteiger partial charge on any atom is -0.452 e. The summed E-state index contributed by atoms with van der Waals surface area (Å²) in [4.78, 5) is 37.6. The summed E-state index contributed by atoms with van der Waals surface area (Å²) in [5.41, 5.74) is -0.421. The van der Waals surface area contributed by atoms with Gasteiger partial charge < -0.3 is 9.15 Å². The highest BCUT2D eigenvalue weighted by atomic mass is 35.5. The van der Waals surface area contributed by atoms with Crippen molar-refractivity contribution in [2.45, 2.75) is 38.5 Å². The molecular formula is C22H21ClO5. The Morgan fingerprint density at radius 3 is 2.36 bits per heavy atom. The molecule has 146 valence electrons. The van der Waals surface area contributed by atoms with Crippen LogP contribution < -0.4 is 5.43 Å². The topological polar surface area (TPSA) is 73.6 Å². The number of Topliss-reactive ketones (excluding diaryl/α,β-unsaturated/α-hetero) is 1. The Labute approximate surface area is 167 Å². The van der Waals surface area contributed by atoms with Crippen LogP contribution >= 0.6 is 11.6 Å². The fourth-order valence-corrected chi connectivity index (χ4v) is 6.21. The van der Waals surface area contributed by atoms with Gasteiger partial charge >= 0.3 is 5.97 Å². The van der Waals surface area contributed by atoms with Crippen LogP contribution in [0.2, 0.25) is 5.02 Å². The molecule has 5 nitrogen and oxygen atoms in total. The molecule has 0 unspecified atom stereocenters. The number of carbonyl (C=O) groups excluding carboxylic acids is 2. The quantitative estimate of drug-likeness (QED) is 0.711. The van der Waals surface area contributed by atoms with Gasteiger partial charge in [-0.1, -0.05) is 11.6 Å². The molecule has 4 aliphatic carbocycles. The molecule has 0 aliphatic heterocycles. The zero-order valence-corrected chi connectivity index (χ0v) is 16.2. The maximum absolute atomic E-state index is 13.0. The van der Waals surface area contributed by atoms with E-state index in [2.05, 4.69) is 0 Å². The number of ether oxygens (including phenoxy) is 1. The number of ketones is 1. The highest BCUT2D eigenvalue weighted by molar-refractivity contribution is 6.31. The van der Waals surface area contributed by atoms with Crippen LogP contribution in [-0.2, 0) is 9.53 Å². The first-order valence-electron chi connectivity index (χ1n) is 9.86. The molecule has 1 heterocycles. The molecule has 28 heavy (non-hydrogen) atoms. The lowest BCUT2D eigenvalue weighted by atomic mass is 9.48. The number of esters is 1. The summed E-state index contributed by atoms with van der Waals surface area (Å²) in [6.07, 6.45) is 6.54. The van der Waals surface area contributed by atoms with E-state index in [-0.39, 0.29) is 34.6 Å². The van der Waals surface area contributed by atoms with Gasteiger partial charge in [-0.25, -0.2) is 4.79 Å². The molecule has 0 atom stereocenters. The highest BCUT2D eigenvalue weighted by Gasteiger charge is 2.54. The summed E-state index contributed by atoms with van der Waals surface area (Å²) in [6.45, 7) is -0.257. The van der Waals surface area contributed by atoms with Crippen LogP contribution in [0.5, 0.6) is 0 Å². The van der Waals surface area contributed by atoms with Gasteiger partial charge in [0.1, 0.15) is 5.58 Å². The molecule has 0 spiro atoms. The summed E-state index contributed by atoms with van der Waals surface area (Å²) in [6, 6.07) is 5.71. The van der Waals surface area contributed by atoms with Gasteiger partial charge in [-0.05, 0) is 74.5 Å². The summed E-state index contributed by atoms with van der Waals surface area (Å²) in [5, 5.41) is 0.713. The summed E-state index contributed by atoms with van der Waals surface area (Å²) >= 11 is 5.90. The average Bonchev–Trinajstić information content (AvgIpc) is 2.65. The third kappa shape index (κ3) is 2.96. The lowest BCUT2D eigenvalue weighted by Crippen LogP contribution is -2.51. The van der Waals surface area contributed by atoms with E-state index in [0.717, 1.165) is 25.3 Å². The van der Waals surface area contributed by atoms with Gasteiger partial charge in [0.05, 0.1) is 5.39 Å². The number of hydrogen-bond acceptors (Lipinski definition) is 5. The van der Waals surface area contributed by atoms with Crippen molar-refractivity contribution in [1.29, 1.82) is 0 Å². The standard InChI is InChI=1S/C22H21ClO5/c23-15-1-2-18-16(6-15)17(24)7-19(28-18)21(26)27-11-20(25)22-8-12-3-13(9-22)5-14(4-12)10-22/h1-2,6-7,12-14H,3-5,8-11H2. The molecule has 0 radical (unpaired) electrons. The molecule has 0 N–H and O–H groups in total. The fourth-order valence-electron chi connectivity index (χ4n) is 6.04. The van der Waals surface area contributed by atoms with Crippen LogP contribution in [-0.4, -0.2) is 18.4 Å². The SMILES string of the molecule is O=C(OCC(=O)C12CC3CC(CC(C3)C1)C2)c1cc(=O)c2cc(Cl)ccc2o1. The first kappa shape index (κ1) is 17.9. The largest absolute Gasteiger partial charge is 0.452 e. The summed E-state index contributed by atoms with van der Waals surface area (Å²) in [5.74, 6) is 0.990. The predicted molar refractivity (Wildman–Crippen MR) is 103 cm³/mol. The summed E-state index contributed by atoms with van der Waals surface area (Å²) in [7, 11) is 0. The average molecular weight is 401 g/mol. The van der Waals surface area contributed by atoms with Crippen molar-refractivity contribution in [2.24, 2.45) is 23.2 Å². The van der Waals surface area contributed by atoms with E-state index in [0.29, 0.717) is 28.2 Å². The third-order valence-electron chi connectivity index (χ3n) is 6.85. The van der Waals surface area contributed by atoms with Crippen molar-refractivity contribution in [3.8, 4) is 0 Å². The van der Waals surface area contributed by atoms with Crippen LogP contribution in [0.4, 0.5) is 0 Å². The first-order valence-corrected chi connectivity index (χ1v) is 10.2. The Morgan fingerprint density at radius 1 is 1.07 bits per heavy atom. The summed E-state index contributed by atoms with van der Waals surface area (Å²) < 4.78 is 10.8. The van der Waals surface area contributed by atoms with Crippen molar-refractivity contribution in [2.75, 3.05) is 6.61 Å². The zero-order chi connectivity index (χ0) is 19.5. The van der Waals surface area contributed by atoms with E-state index in [1.807, 2.05) is 0 Å². The molecule has 6 rings (SSSR count). The fraction of sp³-hybridized carbons (Fsp3) is 0.500. The number of halogens is 1. The number of rotatable bonds is 4. The molecule has 1 aromatic heterocycles. The Bertz CT molecular complexity index is 1000. The first-order chi connectivity index (χ1) is 13.4. The van der Waals surface area contributed by atoms with E-state index < -0.39 is 5.97 Å². The van der Waals surface area contributed by atoms with E-state index >= 15 is 0 Å². The highest BCUT2D eigenvalue weighted by Crippen LogP contribution is 2.60. The van der Waals surface area contributed by atoms with Gasteiger partial charge in [0.2, 0.25) is 5.76 Å². The molecule has 4 fully saturated rings.